The van der Waals surface area contributed by atoms with Gasteiger partial charge in [-0.2, -0.15) is 5.10 Å². The monoisotopic (exact) mass is 228 g/mol. The lowest BCUT2D eigenvalue weighted by Crippen LogP contribution is -2.04. The zero-order chi connectivity index (χ0) is 11.8. The van der Waals surface area contributed by atoms with E-state index in [0.29, 0.717) is 11.5 Å². The average Bonchev–Trinajstić information content (AvgIpc) is 2.98. The van der Waals surface area contributed by atoms with Gasteiger partial charge in [0, 0.05) is 6.20 Å². The topological polar surface area (TPSA) is 67.7 Å². The summed E-state index contributed by atoms with van der Waals surface area (Å²) in [5.41, 5.74) is 1.19. The molecule has 0 saturated heterocycles. The molecule has 3 aromatic heterocycles. The molecule has 0 radical (unpaired) electrons. The van der Waals surface area contributed by atoms with Crippen LogP contribution in [0.25, 0.3) is 17.0 Å². The molecule has 0 unspecified atom stereocenters. The number of aromatic carboxylic acids is 1. The second kappa shape index (κ2) is 3.48. The maximum Gasteiger partial charge on any atom is 0.338 e. The molecule has 5 heteroatoms. The third-order valence-electron chi connectivity index (χ3n) is 2.50. The van der Waals surface area contributed by atoms with Crippen molar-refractivity contribution < 1.29 is 14.3 Å². The molecule has 3 heterocycles. The predicted molar refractivity (Wildman–Crippen MR) is 59.9 cm³/mol. The molecular weight excluding hydrogens is 220 g/mol. The number of carbonyl (C=O) groups is 1. The molecule has 0 fully saturated rings. The molecule has 0 aliphatic rings. The van der Waals surface area contributed by atoms with E-state index in [1.807, 2.05) is 0 Å². The summed E-state index contributed by atoms with van der Waals surface area (Å²) in [5.74, 6) is -0.578. The molecule has 3 aromatic rings. The van der Waals surface area contributed by atoms with Crippen molar-refractivity contribution in [3.8, 4) is 11.5 Å². The molecule has 0 aliphatic carbocycles. The van der Waals surface area contributed by atoms with Crippen molar-refractivity contribution in [2.24, 2.45) is 0 Å². The largest absolute Gasteiger partial charge is 0.478 e. The summed E-state index contributed by atoms with van der Waals surface area (Å²) in [7, 11) is 0. The van der Waals surface area contributed by atoms with Crippen molar-refractivity contribution in [1.29, 1.82) is 0 Å². The number of nitrogens with zero attached hydrogens (tertiary/aromatic N) is 2. The van der Waals surface area contributed by atoms with E-state index in [1.54, 1.807) is 41.0 Å². The van der Waals surface area contributed by atoms with Crippen molar-refractivity contribution in [3.05, 3.63) is 48.4 Å². The summed E-state index contributed by atoms with van der Waals surface area (Å²) in [4.78, 5) is 11.2. The van der Waals surface area contributed by atoms with Crippen LogP contribution < -0.4 is 0 Å². The number of carboxylic acid groups (broad SMARTS) is 1. The van der Waals surface area contributed by atoms with Crippen molar-refractivity contribution in [2.45, 2.75) is 0 Å². The standard InChI is InChI=1S/C12H8N2O3/c15-12(16)9-7-8-3-1-5-14(8)13-11(9)10-4-2-6-17-10/h1-7H,(H,15,16). The van der Waals surface area contributed by atoms with Crippen LogP contribution in [0.1, 0.15) is 10.4 Å². The van der Waals surface area contributed by atoms with E-state index in [4.69, 9.17) is 4.42 Å². The first kappa shape index (κ1) is 9.65. The van der Waals surface area contributed by atoms with E-state index in [-0.39, 0.29) is 5.56 Å². The fourth-order valence-electron chi connectivity index (χ4n) is 1.73. The highest BCUT2D eigenvalue weighted by molar-refractivity contribution is 5.95. The molecule has 0 aliphatic heterocycles. The van der Waals surface area contributed by atoms with Crippen molar-refractivity contribution in [3.63, 3.8) is 0 Å². The Morgan fingerprint density at radius 2 is 2.24 bits per heavy atom. The van der Waals surface area contributed by atoms with E-state index in [0.717, 1.165) is 5.52 Å². The lowest BCUT2D eigenvalue weighted by atomic mass is 10.1. The SMILES string of the molecule is O=C(O)c1cc2cccn2nc1-c1ccco1. The molecule has 3 rings (SSSR count). The summed E-state index contributed by atoms with van der Waals surface area (Å²) in [5, 5.41) is 13.4. The van der Waals surface area contributed by atoms with Gasteiger partial charge < -0.3 is 9.52 Å². The van der Waals surface area contributed by atoms with E-state index in [1.165, 1.54) is 6.26 Å². The van der Waals surface area contributed by atoms with Gasteiger partial charge in [0.05, 0.1) is 17.3 Å². The maximum absolute atomic E-state index is 11.2. The van der Waals surface area contributed by atoms with E-state index in [9.17, 15) is 9.90 Å². The van der Waals surface area contributed by atoms with Gasteiger partial charge >= 0.3 is 5.97 Å². The first-order chi connectivity index (χ1) is 8.25. The smallest absolute Gasteiger partial charge is 0.338 e. The Balaban J connectivity index is 2.34. The maximum atomic E-state index is 11.2. The van der Waals surface area contributed by atoms with E-state index in [2.05, 4.69) is 5.10 Å². The Labute approximate surface area is 95.9 Å². The molecule has 0 atom stereocenters. The van der Waals surface area contributed by atoms with Crippen molar-refractivity contribution in [2.75, 3.05) is 0 Å². The van der Waals surface area contributed by atoms with Crippen LogP contribution in [0.4, 0.5) is 0 Å². The number of hydrogen-bond donors (Lipinski definition) is 1. The Morgan fingerprint density at radius 1 is 1.35 bits per heavy atom. The Kier molecular flexibility index (Phi) is 1.98. The van der Waals surface area contributed by atoms with Gasteiger partial charge in [-0.25, -0.2) is 9.31 Å². The van der Waals surface area contributed by atoms with Crippen molar-refractivity contribution in [1.82, 2.24) is 9.61 Å². The van der Waals surface area contributed by atoms with Crippen LogP contribution in [0.5, 0.6) is 0 Å². The minimum absolute atomic E-state index is 0.131. The summed E-state index contributed by atoms with van der Waals surface area (Å²) in [6.45, 7) is 0. The number of fused-ring (bicyclic) bond motifs is 1. The zero-order valence-corrected chi connectivity index (χ0v) is 8.70. The summed E-state index contributed by atoms with van der Waals surface area (Å²) in [6.07, 6.45) is 3.25. The van der Waals surface area contributed by atoms with Crippen LogP contribution in [-0.4, -0.2) is 20.7 Å². The van der Waals surface area contributed by atoms with Gasteiger partial charge in [-0.15, -0.1) is 0 Å². The molecule has 1 N–H and O–H groups in total. The molecule has 0 bridgehead atoms. The van der Waals surface area contributed by atoms with E-state index < -0.39 is 5.97 Å². The number of rotatable bonds is 2. The van der Waals surface area contributed by atoms with Gasteiger partial charge in [0.25, 0.3) is 0 Å². The number of furan rings is 1. The Bertz CT molecular complexity index is 683. The highest BCUT2D eigenvalue weighted by atomic mass is 16.4. The molecule has 0 spiro atoms. The first-order valence-electron chi connectivity index (χ1n) is 5.01. The normalized spacial score (nSPS) is 10.8. The van der Waals surface area contributed by atoms with Gasteiger partial charge in [-0.1, -0.05) is 0 Å². The summed E-state index contributed by atoms with van der Waals surface area (Å²) >= 11 is 0. The minimum Gasteiger partial charge on any atom is -0.478 e. The predicted octanol–water partition coefficient (Wildman–Crippen LogP) is 2.29. The molecular formula is C12H8N2O3. The number of hydrogen-bond acceptors (Lipinski definition) is 3. The Hall–Kier alpha value is -2.56. The fraction of sp³-hybridized carbons (Fsp3) is 0. The second-order valence-electron chi connectivity index (χ2n) is 3.57. The number of aromatic nitrogens is 2. The third-order valence-corrected chi connectivity index (χ3v) is 2.50. The third kappa shape index (κ3) is 1.48. The lowest BCUT2D eigenvalue weighted by Gasteiger charge is -2.03. The lowest BCUT2D eigenvalue weighted by molar-refractivity contribution is 0.0697. The van der Waals surface area contributed by atoms with Gasteiger partial charge in [0.2, 0.25) is 0 Å². The first-order valence-corrected chi connectivity index (χ1v) is 5.01. The van der Waals surface area contributed by atoms with Crippen LogP contribution in [0.2, 0.25) is 0 Å². The van der Waals surface area contributed by atoms with Crippen LogP contribution in [0, 0.1) is 0 Å². The minimum atomic E-state index is -1.02. The fourth-order valence-corrected chi connectivity index (χ4v) is 1.73. The number of carboxylic acids is 1. The molecule has 0 aromatic carbocycles. The highest BCUT2D eigenvalue weighted by Crippen LogP contribution is 2.23. The van der Waals surface area contributed by atoms with Gasteiger partial charge in [-0.3, -0.25) is 0 Å². The second-order valence-corrected chi connectivity index (χ2v) is 3.57. The molecule has 17 heavy (non-hydrogen) atoms. The van der Waals surface area contributed by atoms with Crippen LogP contribution >= 0.6 is 0 Å². The quantitative estimate of drug-likeness (QED) is 0.730. The van der Waals surface area contributed by atoms with Crippen molar-refractivity contribution >= 4 is 11.5 Å². The summed E-state index contributed by atoms with van der Waals surface area (Å²) in [6, 6.07) is 8.56. The van der Waals surface area contributed by atoms with Gasteiger partial charge in [0.1, 0.15) is 5.69 Å². The zero-order valence-electron chi connectivity index (χ0n) is 8.70. The highest BCUT2D eigenvalue weighted by Gasteiger charge is 2.16. The van der Waals surface area contributed by atoms with Crippen LogP contribution in [0.3, 0.4) is 0 Å². The van der Waals surface area contributed by atoms with E-state index >= 15 is 0 Å². The van der Waals surface area contributed by atoms with Gasteiger partial charge in [-0.05, 0) is 30.3 Å². The van der Waals surface area contributed by atoms with Crippen LogP contribution in [-0.2, 0) is 0 Å². The molecule has 0 saturated carbocycles. The summed E-state index contributed by atoms with van der Waals surface area (Å²) < 4.78 is 6.81. The molecule has 84 valence electrons. The Morgan fingerprint density at radius 3 is 2.94 bits per heavy atom. The van der Waals surface area contributed by atoms with Gasteiger partial charge in [0.15, 0.2) is 5.76 Å². The molecule has 0 amide bonds. The molecule has 5 nitrogen and oxygen atoms in total. The van der Waals surface area contributed by atoms with Crippen LogP contribution in [0.15, 0.2) is 47.2 Å². The average molecular weight is 228 g/mol.